The van der Waals surface area contributed by atoms with Gasteiger partial charge < -0.3 is 4.90 Å². The summed E-state index contributed by atoms with van der Waals surface area (Å²) in [7, 11) is 0. The summed E-state index contributed by atoms with van der Waals surface area (Å²) >= 11 is 3.46. The molecular weight excluding hydrogens is 430 g/mol. The standard InChI is InChI=1S/C28H27NOS2/c1-31-26-12-8-21(9-13-26)16-24-19-29(18-23-6-4-3-5-7-23)20-25(28(24)30)17-22-10-14-27(32-2)15-11-22/h3-17H,18-20H2,1-2H3/p+1/b24-16+,25-17+. The maximum absolute atomic E-state index is 13.4. The Hall–Kier alpha value is -2.53. The van der Waals surface area contributed by atoms with E-state index in [4.69, 9.17) is 0 Å². The van der Waals surface area contributed by atoms with Crippen LogP contribution in [0.5, 0.6) is 0 Å². The molecule has 0 radical (unpaired) electrons. The Morgan fingerprint density at radius 2 is 1.19 bits per heavy atom. The number of quaternary nitrogens is 1. The number of Topliss-reactive ketones (excluding diaryl/α,β-unsaturated/α-hetero) is 1. The van der Waals surface area contributed by atoms with E-state index < -0.39 is 0 Å². The predicted molar refractivity (Wildman–Crippen MR) is 138 cm³/mol. The third-order valence-electron chi connectivity index (χ3n) is 5.67. The average molecular weight is 459 g/mol. The minimum atomic E-state index is 0.171. The maximum Gasteiger partial charge on any atom is 0.196 e. The highest BCUT2D eigenvalue weighted by Gasteiger charge is 2.29. The molecule has 4 heteroatoms. The van der Waals surface area contributed by atoms with Crippen LogP contribution in [0.2, 0.25) is 0 Å². The minimum Gasteiger partial charge on any atom is -0.323 e. The molecule has 1 aliphatic rings. The van der Waals surface area contributed by atoms with Gasteiger partial charge in [0.25, 0.3) is 0 Å². The fourth-order valence-corrected chi connectivity index (χ4v) is 4.83. The topological polar surface area (TPSA) is 21.5 Å². The van der Waals surface area contributed by atoms with Gasteiger partial charge in [0.05, 0.1) is 11.1 Å². The maximum atomic E-state index is 13.4. The van der Waals surface area contributed by atoms with Crippen LogP contribution >= 0.6 is 23.5 Å². The van der Waals surface area contributed by atoms with Gasteiger partial charge in [0.2, 0.25) is 0 Å². The summed E-state index contributed by atoms with van der Waals surface area (Å²) in [4.78, 5) is 17.3. The van der Waals surface area contributed by atoms with Crippen LogP contribution in [-0.4, -0.2) is 31.4 Å². The zero-order valence-corrected chi connectivity index (χ0v) is 20.1. The van der Waals surface area contributed by atoms with Crippen molar-refractivity contribution in [1.82, 2.24) is 0 Å². The smallest absolute Gasteiger partial charge is 0.196 e. The van der Waals surface area contributed by atoms with Crippen molar-refractivity contribution >= 4 is 41.5 Å². The normalized spacial score (nSPS) is 18.9. The zero-order valence-electron chi connectivity index (χ0n) is 18.5. The van der Waals surface area contributed by atoms with Crippen LogP contribution in [0.15, 0.2) is 99.8 Å². The Morgan fingerprint density at radius 1 is 0.719 bits per heavy atom. The van der Waals surface area contributed by atoms with Gasteiger partial charge in [-0.05, 0) is 60.1 Å². The molecule has 0 saturated carbocycles. The van der Waals surface area contributed by atoms with E-state index in [0.29, 0.717) is 0 Å². The molecule has 162 valence electrons. The van der Waals surface area contributed by atoms with Crippen molar-refractivity contribution in [3.05, 3.63) is 107 Å². The molecule has 1 saturated heterocycles. The summed E-state index contributed by atoms with van der Waals surface area (Å²) in [6.07, 6.45) is 8.29. The van der Waals surface area contributed by atoms with E-state index in [9.17, 15) is 4.79 Å². The summed E-state index contributed by atoms with van der Waals surface area (Å²) in [6, 6.07) is 27.4. The van der Waals surface area contributed by atoms with E-state index >= 15 is 0 Å². The third kappa shape index (κ3) is 5.83. The highest BCUT2D eigenvalue weighted by molar-refractivity contribution is 7.98. The summed E-state index contributed by atoms with van der Waals surface area (Å²) in [5, 5.41) is 0. The number of ketones is 1. The lowest BCUT2D eigenvalue weighted by Gasteiger charge is -2.27. The monoisotopic (exact) mass is 458 g/mol. The van der Waals surface area contributed by atoms with E-state index in [1.165, 1.54) is 20.3 Å². The predicted octanol–water partition coefficient (Wildman–Crippen LogP) is 5.27. The van der Waals surface area contributed by atoms with Crippen LogP contribution in [-0.2, 0) is 11.3 Å². The van der Waals surface area contributed by atoms with Crippen molar-refractivity contribution < 1.29 is 9.69 Å². The number of piperidine rings is 1. The lowest BCUT2D eigenvalue weighted by atomic mass is 9.94. The Morgan fingerprint density at radius 3 is 1.62 bits per heavy atom. The van der Waals surface area contributed by atoms with Crippen molar-refractivity contribution in [3.63, 3.8) is 0 Å². The van der Waals surface area contributed by atoms with E-state index in [0.717, 1.165) is 41.9 Å². The summed E-state index contributed by atoms with van der Waals surface area (Å²) in [5.74, 6) is 0.171. The molecule has 2 nitrogen and oxygen atoms in total. The lowest BCUT2D eigenvalue weighted by molar-refractivity contribution is -0.904. The van der Waals surface area contributed by atoms with Crippen molar-refractivity contribution in [1.29, 1.82) is 0 Å². The van der Waals surface area contributed by atoms with Crippen LogP contribution in [0.4, 0.5) is 0 Å². The fourth-order valence-electron chi connectivity index (χ4n) is 4.01. The first-order valence-electron chi connectivity index (χ1n) is 10.8. The summed E-state index contributed by atoms with van der Waals surface area (Å²) < 4.78 is 0. The molecule has 1 N–H and O–H groups in total. The fraction of sp³-hybridized carbons (Fsp3) is 0.179. The van der Waals surface area contributed by atoms with Crippen molar-refractivity contribution in [2.45, 2.75) is 16.3 Å². The first kappa shape index (κ1) is 22.7. The Labute approximate surface area is 199 Å². The molecule has 1 aliphatic heterocycles. The van der Waals surface area contributed by atoms with Gasteiger partial charge >= 0.3 is 0 Å². The van der Waals surface area contributed by atoms with Crippen molar-refractivity contribution in [3.8, 4) is 0 Å². The molecule has 0 atom stereocenters. The number of nitrogens with one attached hydrogen (secondary N) is 1. The molecule has 3 aromatic carbocycles. The van der Waals surface area contributed by atoms with Gasteiger partial charge in [0, 0.05) is 15.4 Å². The second-order valence-electron chi connectivity index (χ2n) is 7.98. The summed E-state index contributed by atoms with van der Waals surface area (Å²) in [6.45, 7) is 2.38. The Bertz CT molecular complexity index is 1050. The number of rotatable bonds is 6. The van der Waals surface area contributed by atoms with Gasteiger partial charge in [-0.25, -0.2) is 0 Å². The van der Waals surface area contributed by atoms with E-state index in [-0.39, 0.29) is 5.78 Å². The molecule has 3 aromatic rings. The van der Waals surface area contributed by atoms with Crippen LogP contribution < -0.4 is 4.90 Å². The van der Waals surface area contributed by atoms with E-state index in [1.54, 1.807) is 23.5 Å². The van der Waals surface area contributed by atoms with Gasteiger partial charge in [-0.1, -0.05) is 54.6 Å². The average Bonchev–Trinajstić information content (AvgIpc) is 2.83. The van der Waals surface area contributed by atoms with Gasteiger partial charge in [-0.15, -0.1) is 23.5 Å². The second-order valence-corrected chi connectivity index (χ2v) is 9.74. The van der Waals surface area contributed by atoms with Crippen LogP contribution in [0.25, 0.3) is 12.2 Å². The lowest BCUT2D eigenvalue weighted by Crippen LogP contribution is -3.12. The third-order valence-corrected chi connectivity index (χ3v) is 7.16. The number of hydrogen-bond donors (Lipinski definition) is 1. The number of thioether (sulfide) groups is 2. The number of benzene rings is 3. The first-order valence-corrected chi connectivity index (χ1v) is 13.2. The second kappa shape index (κ2) is 10.9. The van der Waals surface area contributed by atoms with Gasteiger partial charge in [-0.2, -0.15) is 0 Å². The van der Waals surface area contributed by atoms with Crippen LogP contribution in [0.3, 0.4) is 0 Å². The molecular formula is C28H28NOS2+. The molecule has 0 aromatic heterocycles. The largest absolute Gasteiger partial charge is 0.323 e. The molecule has 1 fully saturated rings. The zero-order chi connectivity index (χ0) is 22.3. The van der Waals surface area contributed by atoms with Gasteiger partial charge in [0.1, 0.15) is 19.6 Å². The number of carbonyl (C=O) groups is 1. The van der Waals surface area contributed by atoms with Crippen LogP contribution in [0.1, 0.15) is 16.7 Å². The highest BCUT2D eigenvalue weighted by atomic mass is 32.2. The molecule has 1 heterocycles. The summed E-state index contributed by atoms with van der Waals surface area (Å²) in [5.41, 5.74) is 5.22. The highest BCUT2D eigenvalue weighted by Crippen LogP contribution is 2.21. The molecule has 0 spiro atoms. The quantitative estimate of drug-likeness (QED) is 0.402. The number of likely N-dealkylation sites (tertiary alicyclic amines) is 1. The SMILES string of the molecule is CSc1ccc(/C=C2\C[NH+](Cc3ccccc3)C/C(=C\c3ccc(SC)cc3)C2=O)cc1. The first-order chi connectivity index (χ1) is 15.6. The Balaban J connectivity index is 1.65. The van der Waals surface area contributed by atoms with Crippen molar-refractivity contribution in [2.24, 2.45) is 0 Å². The molecule has 4 rings (SSSR count). The minimum absolute atomic E-state index is 0.171. The molecule has 0 bridgehead atoms. The number of carbonyl (C=O) groups excluding carboxylic acids is 1. The Kier molecular flexibility index (Phi) is 7.69. The van der Waals surface area contributed by atoms with E-state index in [1.807, 2.05) is 6.07 Å². The molecule has 0 unspecified atom stereocenters. The van der Waals surface area contributed by atoms with Gasteiger partial charge in [0.15, 0.2) is 5.78 Å². The molecule has 0 amide bonds. The van der Waals surface area contributed by atoms with Crippen molar-refractivity contribution in [2.75, 3.05) is 25.6 Å². The van der Waals surface area contributed by atoms with Crippen LogP contribution in [0, 0.1) is 0 Å². The number of hydrogen-bond acceptors (Lipinski definition) is 3. The molecule has 0 aliphatic carbocycles. The molecule has 32 heavy (non-hydrogen) atoms. The van der Waals surface area contributed by atoms with E-state index in [2.05, 4.69) is 97.5 Å². The van der Waals surface area contributed by atoms with Gasteiger partial charge in [-0.3, -0.25) is 4.79 Å².